The minimum absolute atomic E-state index is 0.242. The highest BCUT2D eigenvalue weighted by Crippen LogP contribution is 2.25. The van der Waals surface area contributed by atoms with Gasteiger partial charge in [0.2, 0.25) is 0 Å². The van der Waals surface area contributed by atoms with Gasteiger partial charge in [-0.2, -0.15) is 0 Å². The van der Waals surface area contributed by atoms with Crippen LogP contribution < -0.4 is 5.32 Å². The fourth-order valence-electron chi connectivity index (χ4n) is 2.19. The van der Waals surface area contributed by atoms with E-state index in [2.05, 4.69) is 21.2 Å². The summed E-state index contributed by atoms with van der Waals surface area (Å²) in [6, 6.07) is 7.96. The Morgan fingerprint density at radius 1 is 0.857 bits per heavy atom. The van der Waals surface area contributed by atoms with Gasteiger partial charge in [-0.15, -0.1) is 0 Å². The molecule has 21 heavy (non-hydrogen) atoms. The van der Waals surface area contributed by atoms with Crippen LogP contribution in [0.25, 0.3) is 0 Å². The molecule has 0 aliphatic rings. The van der Waals surface area contributed by atoms with Crippen molar-refractivity contribution in [2.75, 3.05) is 0 Å². The number of nitrogens with one attached hydrogen (secondary N) is 1. The quantitative estimate of drug-likeness (QED) is 0.784. The summed E-state index contributed by atoms with van der Waals surface area (Å²) in [5.74, 6) is -2.07. The zero-order valence-electron chi connectivity index (χ0n) is 11.6. The maximum Gasteiger partial charge on any atom is 0.159 e. The van der Waals surface area contributed by atoms with Crippen molar-refractivity contribution in [2.45, 2.75) is 25.9 Å². The second-order valence-corrected chi connectivity index (χ2v) is 5.87. The molecule has 2 unspecified atom stereocenters. The van der Waals surface area contributed by atoms with E-state index in [1.807, 2.05) is 13.8 Å². The van der Waals surface area contributed by atoms with Gasteiger partial charge >= 0.3 is 0 Å². The van der Waals surface area contributed by atoms with Crippen LogP contribution in [0.5, 0.6) is 0 Å². The third-order valence-corrected chi connectivity index (χ3v) is 3.86. The van der Waals surface area contributed by atoms with E-state index in [0.29, 0.717) is 11.1 Å². The van der Waals surface area contributed by atoms with Crippen LogP contribution >= 0.6 is 15.9 Å². The molecule has 1 nitrogen and oxygen atoms in total. The first kappa shape index (κ1) is 16.0. The second-order valence-electron chi connectivity index (χ2n) is 4.95. The monoisotopic (exact) mass is 357 g/mol. The van der Waals surface area contributed by atoms with Crippen LogP contribution in [0, 0.1) is 17.5 Å². The molecular formula is C16H15BrF3N. The Hall–Kier alpha value is -1.33. The third-order valence-electron chi connectivity index (χ3n) is 3.37. The van der Waals surface area contributed by atoms with E-state index < -0.39 is 11.6 Å². The molecule has 0 bridgehead atoms. The highest BCUT2D eigenvalue weighted by atomic mass is 79.9. The smallest absolute Gasteiger partial charge is 0.159 e. The lowest BCUT2D eigenvalue weighted by Crippen LogP contribution is -2.23. The summed E-state index contributed by atoms with van der Waals surface area (Å²) in [5.41, 5.74) is 1.12. The van der Waals surface area contributed by atoms with Crippen LogP contribution in [0.1, 0.15) is 37.1 Å². The van der Waals surface area contributed by atoms with Crippen molar-refractivity contribution >= 4 is 15.9 Å². The number of halogens is 4. The van der Waals surface area contributed by atoms with Crippen LogP contribution in [-0.4, -0.2) is 0 Å². The molecule has 2 atom stereocenters. The van der Waals surface area contributed by atoms with Gasteiger partial charge in [0, 0.05) is 22.1 Å². The highest BCUT2D eigenvalue weighted by molar-refractivity contribution is 9.10. The van der Waals surface area contributed by atoms with Crippen molar-refractivity contribution in [2.24, 2.45) is 0 Å². The molecule has 0 saturated heterocycles. The Labute approximate surface area is 130 Å². The lowest BCUT2D eigenvalue weighted by atomic mass is 10.0. The van der Waals surface area contributed by atoms with E-state index in [9.17, 15) is 13.2 Å². The van der Waals surface area contributed by atoms with Gasteiger partial charge in [0.15, 0.2) is 11.6 Å². The molecule has 0 fully saturated rings. The molecule has 112 valence electrons. The number of benzene rings is 2. The topological polar surface area (TPSA) is 12.0 Å². The molecular weight excluding hydrogens is 343 g/mol. The SMILES string of the molecule is CC(NC(C)c1cc(Br)ccc1F)c1ccc(F)c(F)c1. The number of hydrogen-bond acceptors (Lipinski definition) is 1. The van der Waals surface area contributed by atoms with Crippen LogP contribution in [-0.2, 0) is 0 Å². The molecule has 0 saturated carbocycles. The number of rotatable bonds is 4. The first-order valence-corrected chi connectivity index (χ1v) is 7.33. The van der Waals surface area contributed by atoms with Crippen LogP contribution in [0.4, 0.5) is 13.2 Å². The van der Waals surface area contributed by atoms with Gasteiger partial charge in [-0.05, 0) is 49.7 Å². The van der Waals surface area contributed by atoms with E-state index in [1.54, 1.807) is 12.1 Å². The molecule has 0 aliphatic heterocycles. The summed E-state index contributed by atoms with van der Waals surface area (Å²) >= 11 is 3.31. The molecule has 0 heterocycles. The molecule has 2 aromatic carbocycles. The van der Waals surface area contributed by atoms with E-state index in [4.69, 9.17) is 0 Å². The summed E-state index contributed by atoms with van der Waals surface area (Å²) < 4.78 is 40.8. The van der Waals surface area contributed by atoms with Gasteiger partial charge < -0.3 is 5.32 Å². The zero-order chi connectivity index (χ0) is 15.6. The summed E-state index contributed by atoms with van der Waals surface area (Å²) in [6.07, 6.45) is 0. The molecule has 0 spiro atoms. The van der Waals surface area contributed by atoms with Crippen molar-refractivity contribution in [3.8, 4) is 0 Å². The standard InChI is InChI=1S/C16H15BrF3N/c1-9(11-3-5-15(19)16(20)7-11)21-10(2)13-8-12(17)4-6-14(13)18/h3-10,21H,1-2H3. The molecule has 0 aliphatic carbocycles. The Morgan fingerprint density at radius 2 is 1.52 bits per heavy atom. The van der Waals surface area contributed by atoms with Gasteiger partial charge in [0.05, 0.1) is 0 Å². The Balaban J connectivity index is 2.16. The van der Waals surface area contributed by atoms with E-state index >= 15 is 0 Å². The summed E-state index contributed by atoms with van der Waals surface area (Å²) in [5, 5.41) is 3.18. The van der Waals surface area contributed by atoms with Crippen molar-refractivity contribution in [1.29, 1.82) is 0 Å². The normalized spacial score (nSPS) is 14.0. The van der Waals surface area contributed by atoms with Gasteiger partial charge in [-0.25, -0.2) is 13.2 Å². The average molecular weight is 358 g/mol. The maximum atomic E-state index is 13.8. The Kier molecular flexibility index (Phi) is 5.06. The summed E-state index contributed by atoms with van der Waals surface area (Å²) in [4.78, 5) is 0. The lowest BCUT2D eigenvalue weighted by molar-refractivity contribution is 0.466. The Morgan fingerprint density at radius 3 is 2.19 bits per heavy atom. The third kappa shape index (κ3) is 3.86. The zero-order valence-corrected chi connectivity index (χ0v) is 13.2. The van der Waals surface area contributed by atoms with Crippen molar-refractivity contribution in [1.82, 2.24) is 5.32 Å². The van der Waals surface area contributed by atoms with E-state index in [1.165, 1.54) is 12.1 Å². The minimum Gasteiger partial charge on any atom is -0.304 e. The van der Waals surface area contributed by atoms with Crippen molar-refractivity contribution < 1.29 is 13.2 Å². The summed E-state index contributed by atoms with van der Waals surface area (Å²) in [6.45, 7) is 3.64. The molecule has 0 amide bonds. The fraction of sp³-hybridized carbons (Fsp3) is 0.250. The molecule has 1 N–H and O–H groups in total. The lowest BCUT2D eigenvalue weighted by Gasteiger charge is -2.21. The second kappa shape index (κ2) is 6.62. The molecule has 2 aromatic rings. The molecule has 0 aromatic heterocycles. The maximum absolute atomic E-state index is 13.8. The van der Waals surface area contributed by atoms with Crippen molar-refractivity contribution in [3.63, 3.8) is 0 Å². The number of hydrogen-bond donors (Lipinski definition) is 1. The first-order valence-electron chi connectivity index (χ1n) is 6.54. The van der Waals surface area contributed by atoms with Gasteiger partial charge in [-0.3, -0.25) is 0 Å². The average Bonchev–Trinajstić information content (AvgIpc) is 2.44. The molecule has 5 heteroatoms. The van der Waals surface area contributed by atoms with Crippen molar-refractivity contribution in [3.05, 3.63) is 69.4 Å². The van der Waals surface area contributed by atoms with Gasteiger partial charge in [0.25, 0.3) is 0 Å². The van der Waals surface area contributed by atoms with Crippen LogP contribution in [0.2, 0.25) is 0 Å². The highest BCUT2D eigenvalue weighted by Gasteiger charge is 2.16. The van der Waals surface area contributed by atoms with E-state index in [0.717, 1.165) is 16.6 Å². The summed E-state index contributed by atoms with van der Waals surface area (Å²) in [7, 11) is 0. The predicted octanol–water partition coefficient (Wildman–Crippen LogP) is 5.28. The molecule has 0 radical (unpaired) electrons. The van der Waals surface area contributed by atoms with Crippen LogP contribution in [0.3, 0.4) is 0 Å². The minimum atomic E-state index is -0.887. The largest absolute Gasteiger partial charge is 0.304 e. The predicted molar refractivity (Wildman–Crippen MR) is 80.4 cm³/mol. The first-order chi connectivity index (χ1) is 9.88. The van der Waals surface area contributed by atoms with Crippen LogP contribution in [0.15, 0.2) is 40.9 Å². The molecule has 2 rings (SSSR count). The van der Waals surface area contributed by atoms with Gasteiger partial charge in [0.1, 0.15) is 5.82 Å². The fourth-order valence-corrected chi connectivity index (χ4v) is 2.57. The van der Waals surface area contributed by atoms with E-state index in [-0.39, 0.29) is 17.9 Å². The Bertz CT molecular complexity index is 645. The van der Waals surface area contributed by atoms with Gasteiger partial charge in [-0.1, -0.05) is 22.0 Å².